The van der Waals surface area contributed by atoms with E-state index in [0.717, 1.165) is 47.1 Å². The Morgan fingerprint density at radius 3 is 1.36 bits per heavy atom. The van der Waals surface area contributed by atoms with Crippen LogP contribution in [0.2, 0.25) is 11.6 Å². The van der Waals surface area contributed by atoms with Gasteiger partial charge in [0, 0.05) is 0 Å². The zero-order valence-corrected chi connectivity index (χ0v) is 16.2. The monoisotopic (exact) mass is 320 g/mol. The van der Waals surface area contributed by atoms with Gasteiger partial charge >= 0.3 is 0 Å². The molecular formula is C20H34BCl. The van der Waals surface area contributed by atoms with Crippen molar-refractivity contribution >= 4 is 17.6 Å². The van der Waals surface area contributed by atoms with Crippen LogP contribution in [0.15, 0.2) is 0 Å². The average Bonchev–Trinajstić information content (AvgIpc) is 2.45. The fraction of sp³-hybridized carbons (Fsp3) is 1.00. The SMILES string of the molecule is C[C@H]1[C@@H](B(Cl)C2C[C@@H]3C[C@H]([C@H]2C)C3(C)C)C[C@H]2C[C@@H]1C2(C)C. The minimum Gasteiger partial charge on any atom is -0.195 e. The molecule has 0 nitrogen and oxygen atoms in total. The van der Waals surface area contributed by atoms with E-state index >= 15 is 0 Å². The first kappa shape index (κ1) is 15.9. The average molecular weight is 321 g/mol. The molecule has 124 valence electrons. The molecule has 0 aromatic rings. The molecule has 1 unspecified atom stereocenters. The third-order valence-corrected chi connectivity index (χ3v) is 10.3. The molecule has 0 aromatic carbocycles. The van der Waals surface area contributed by atoms with Gasteiger partial charge in [-0.2, -0.15) is 11.5 Å². The maximum atomic E-state index is 7.19. The minimum atomic E-state index is 0.438. The van der Waals surface area contributed by atoms with Crippen molar-refractivity contribution in [2.24, 2.45) is 46.3 Å². The van der Waals surface area contributed by atoms with Gasteiger partial charge in [0.05, 0.1) is 0 Å². The Morgan fingerprint density at radius 2 is 1.09 bits per heavy atom. The fourth-order valence-corrected chi connectivity index (χ4v) is 8.20. The lowest BCUT2D eigenvalue weighted by molar-refractivity contribution is -0.106. The Bertz CT molecular complexity index is 428. The van der Waals surface area contributed by atoms with Crippen LogP contribution in [0.25, 0.3) is 0 Å². The van der Waals surface area contributed by atoms with Crippen LogP contribution in [0.4, 0.5) is 0 Å². The molecule has 0 aliphatic heterocycles. The number of hydrogen-bond donors (Lipinski definition) is 0. The van der Waals surface area contributed by atoms with E-state index in [2.05, 4.69) is 41.5 Å². The van der Waals surface area contributed by atoms with Crippen molar-refractivity contribution in [3.05, 3.63) is 0 Å². The molecule has 2 heteroatoms. The standard InChI is InChI=1S/C20H34BCl/c1-11-15-7-13(19(15,3)4)9-17(11)21(22)18-10-14-8-16(12(18)2)20(14,5)6/h11-18H,7-10H2,1-6H3/t11-,12-,13-,14+,15+,16-,17+,18?/m1/s1. The van der Waals surface area contributed by atoms with Crippen molar-refractivity contribution in [2.45, 2.75) is 78.9 Å². The summed E-state index contributed by atoms with van der Waals surface area (Å²) < 4.78 is 0. The van der Waals surface area contributed by atoms with E-state index in [1.807, 2.05) is 0 Å². The molecule has 6 aliphatic rings. The van der Waals surface area contributed by atoms with Crippen LogP contribution in [-0.4, -0.2) is 6.13 Å². The van der Waals surface area contributed by atoms with Gasteiger partial charge in [0.15, 0.2) is 0 Å². The van der Waals surface area contributed by atoms with Crippen LogP contribution in [0.3, 0.4) is 0 Å². The predicted octanol–water partition coefficient (Wildman–Crippen LogP) is 6.36. The number of fused-ring (bicyclic) bond motifs is 4. The maximum absolute atomic E-state index is 7.19. The molecule has 4 bridgehead atoms. The van der Waals surface area contributed by atoms with E-state index in [4.69, 9.17) is 11.5 Å². The number of hydrogen-bond acceptors (Lipinski definition) is 0. The van der Waals surface area contributed by atoms with E-state index in [0.29, 0.717) is 17.0 Å². The molecule has 6 rings (SSSR count). The second kappa shape index (κ2) is 4.71. The molecule has 0 spiro atoms. The molecule has 6 fully saturated rings. The van der Waals surface area contributed by atoms with Crippen LogP contribution in [0.5, 0.6) is 0 Å². The van der Waals surface area contributed by atoms with E-state index in [1.54, 1.807) is 0 Å². The molecule has 0 saturated heterocycles. The topological polar surface area (TPSA) is 0 Å². The zero-order valence-electron chi connectivity index (χ0n) is 15.4. The highest BCUT2D eigenvalue weighted by atomic mass is 35.5. The molecule has 0 heterocycles. The minimum absolute atomic E-state index is 0.438. The fourth-order valence-electron chi connectivity index (χ4n) is 7.54. The van der Waals surface area contributed by atoms with Crippen LogP contribution in [0.1, 0.15) is 67.2 Å². The Morgan fingerprint density at radius 1 is 0.727 bits per heavy atom. The van der Waals surface area contributed by atoms with Gasteiger partial charge < -0.3 is 0 Å². The summed E-state index contributed by atoms with van der Waals surface area (Å²) in [6, 6.07) is 0. The van der Waals surface area contributed by atoms with Gasteiger partial charge in [-0.05, 0) is 70.8 Å². The van der Waals surface area contributed by atoms with E-state index in [9.17, 15) is 0 Å². The third kappa shape index (κ3) is 1.84. The lowest BCUT2D eigenvalue weighted by Gasteiger charge is -2.65. The normalized spacial score (nSPS) is 54.1. The Hall–Kier alpha value is 0.355. The summed E-state index contributed by atoms with van der Waals surface area (Å²) >= 11 is 7.19. The Labute approximate surface area is 143 Å². The summed E-state index contributed by atoms with van der Waals surface area (Å²) in [6.45, 7) is 15.0. The number of rotatable bonds is 2. The van der Waals surface area contributed by atoms with Crippen molar-refractivity contribution in [3.63, 3.8) is 0 Å². The lowest BCUT2D eigenvalue weighted by atomic mass is 9.30. The van der Waals surface area contributed by atoms with E-state index in [1.165, 1.54) is 25.7 Å². The summed E-state index contributed by atoms with van der Waals surface area (Å²) in [6.07, 6.45) is 6.20. The molecular weight excluding hydrogens is 286 g/mol. The summed E-state index contributed by atoms with van der Waals surface area (Å²) in [5.74, 6) is 7.00. The molecule has 8 atom stereocenters. The first-order valence-corrected chi connectivity index (χ1v) is 10.2. The van der Waals surface area contributed by atoms with Gasteiger partial charge in [0.25, 0.3) is 6.13 Å². The van der Waals surface area contributed by atoms with Gasteiger partial charge in [0.1, 0.15) is 0 Å². The van der Waals surface area contributed by atoms with Crippen LogP contribution in [-0.2, 0) is 0 Å². The summed E-state index contributed by atoms with van der Waals surface area (Å²) in [5.41, 5.74) is 1.18. The van der Waals surface area contributed by atoms with E-state index in [-0.39, 0.29) is 0 Å². The predicted molar refractivity (Wildman–Crippen MR) is 97.4 cm³/mol. The molecule has 0 N–H and O–H groups in total. The van der Waals surface area contributed by atoms with Gasteiger partial charge in [0.2, 0.25) is 0 Å². The highest BCUT2D eigenvalue weighted by Gasteiger charge is 2.62. The van der Waals surface area contributed by atoms with Gasteiger partial charge in [-0.3, -0.25) is 0 Å². The molecule has 0 amide bonds. The number of halogens is 1. The van der Waals surface area contributed by atoms with Crippen LogP contribution >= 0.6 is 11.5 Å². The zero-order chi connectivity index (χ0) is 16.0. The lowest BCUT2D eigenvalue weighted by Crippen LogP contribution is -2.58. The molecule has 0 radical (unpaired) electrons. The Kier molecular flexibility index (Phi) is 3.39. The second-order valence-corrected chi connectivity index (χ2v) is 11.2. The van der Waals surface area contributed by atoms with Crippen LogP contribution in [0, 0.1) is 46.3 Å². The highest BCUT2D eigenvalue weighted by Crippen LogP contribution is 2.69. The van der Waals surface area contributed by atoms with Gasteiger partial charge in [-0.15, -0.1) is 0 Å². The first-order valence-electron chi connectivity index (χ1n) is 9.79. The maximum Gasteiger partial charge on any atom is 0.257 e. The third-order valence-electron chi connectivity index (χ3n) is 9.64. The quantitative estimate of drug-likeness (QED) is 0.519. The summed E-state index contributed by atoms with van der Waals surface area (Å²) in [7, 11) is 0. The summed E-state index contributed by atoms with van der Waals surface area (Å²) in [5, 5.41) is 0. The largest absolute Gasteiger partial charge is 0.257 e. The van der Waals surface area contributed by atoms with Gasteiger partial charge in [-0.1, -0.05) is 54.4 Å². The smallest absolute Gasteiger partial charge is 0.195 e. The first-order chi connectivity index (χ1) is 10.2. The van der Waals surface area contributed by atoms with Gasteiger partial charge in [-0.25, -0.2) is 0 Å². The molecule has 6 saturated carbocycles. The summed E-state index contributed by atoms with van der Waals surface area (Å²) in [4.78, 5) is 0. The van der Waals surface area contributed by atoms with Crippen LogP contribution < -0.4 is 0 Å². The van der Waals surface area contributed by atoms with E-state index < -0.39 is 0 Å². The molecule has 22 heavy (non-hydrogen) atoms. The van der Waals surface area contributed by atoms with Crippen molar-refractivity contribution in [2.75, 3.05) is 0 Å². The van der Waals surface area contributed by atoms with Crippen molar-refractivity contribution in [1.82, 2.24) is 0 Å². The van der Waals surface area contributed by atoms with Crippen molar-refractivity contribution < 1.29 is 0 Å². The highest BCUT2D eigenvalue weighted by molar-refractivity contribution is 7.08. The second-order valence-electron chi connectivity index (χ2n) is 10.7. The van der Waals surface area contributed by atoms with Crippen molar-refractivity contribution in [3.8, 4) is 0 Å². The van der Waals surface area contributed by atoms with Crippen molar-refractivity contribution in [1.29, 1.82) is 0 Å². The molecule has 6 aliphatic carbocycles. The molecule has 0 aromatic heterocycles. The Balaban J connectivity index is 1.49.